The Bertz CT molecular complexity index is 302. The topological polar surface area (TPSA) is 86.9 Å². The maximum atomic E-state index is 10.7. The van der Waals surface area contributed by atoms with E-state index < -0.39 is 5.91 Å². The average molecular weight is 168 g/mol. The number of nitrogens with two attached hydrogens (primary N) is 2. The fraction of sp³-hybridized carbons (Fsp3) is 0.429. The van der Waals surface area contributed by atoms with Crippen LogP contribution in [0.1, 0.15) is 30.4 Å². The molecule has 0 radical (unpaired) electrons. The highest BCUT2D eigenvalue weighted by atomic mass is 16.1. The van der Waals surface area contributed by atoms with Crippen LogP contribution in [0.2, 0.25) is 0 Å². The molecule has 0 aliphatic rings. The van der Waals surface area contributed by atoms with E-state index in [1.165, 1.54) is 6.33 Å². The summed E-state index contributed by atoms with van der Waals surface area (Å²) >= 11 is 0. The molecule has 0 aromatic carbocycles. The van der Waals surface area contributed by atoms with Gasteiger partial charge in [0.15, 0.2) is 5.69 Å². The zero-order chi connectivity index (χ0) is 9.30. The van der Waals surface area contributed by atoms with Crippen molar-refractivity contribution in [3.8, 4) is 0 Å². The van der Waals surface area contributed by atoms with Crippen LogP contribution >= 0.6 is 0 Å². The van der Waals surface area contributed by atoms with Gasteiger partial charge in [-0.1, -0.05) is 0 Å². The van der Waals surface area contributed by atoms with Crippen LogP contribution in [-0.2, 0) is 0 Å². The van der Waals surface area contributed by atoms with Crippen molar-refractivity contribution in [1.29, 1.82) is 0 Å². The summed E-state index contributed by atoms with van der Waals surface area (Å²) in [6.07, 6.45) is 1.51. The molecule has 1 aromatic heterocycles. The Hall–Kier alpha value is -1.52. The van der Waals surface area contributed by atoms with E-state index in [-0.39, 0.29) is 11.7 Å². The lowest BCUT2D eigenvalue weighted by Crippen LogP contribution is -2.15. The Kier molecular flexibility index (Phi) is 2.03. The van der Waals surface area contributed by atoms with Crippen molar-refractivity contribution >= 4 is 11.7 Å². The smallest absolute Gasteiger partial charge is 0.271 e. The summed E-state index contributed by atoms with van der Waals surface area (Å²) in [4.78, 5) is 14.5. The second kappa shape index (κ2) is 2.84. The maximum Gasteiger partial charge on any atom is 0.271 e. The minimum absolute atomic E-state index is 0.142. The van der Waals surface area contributed by atoms with Gasteiger partial charge in [-0.3, -0.25) is 4.79 Å². The number of carbonyl (C=O) groups is 1. The number of hydrogen-bond donors (Lipinski definition) is 2. The third kappa shape index (κ3) is 1.25. The van der Waals surface area contributed by atoms with Crippen LogP contribution in [0, 0.1) is 0 Å². The predicted molar refractivity (Wildman–Crippen MR) is 45.5 cm³/mol. The van der Waals surface area contributed by atoms with Crippen molar-refractivity contribution in [3.05, 3.63) is 12.0 Å². The highest BCUT2D eigenvalue weighted by molar-refractivity contribution is 5.95. The summed E-state index contributed by atoms with van der Waals surface area (Å²) in [5.41, 5.74) is 10.8. The molecule has 0 spiro atoms. The number of imidazole rings is 1. The molecule has 4 N–H and O–H groups in total. The van der Waals surface area contributed by atoms with E-state index in [2.05, 4.69) is 4.98 Å². The van der Waals surface area contributed by atoms with Crippen molar-refractivity contribution in [1.82, 2.24) is 9.55 Å². The molecule has 0 saturated carbocycles. The van der Waals surface area contributed by atoms with Crippen molar-refractivity contribution in [2.75, 3.05) is 5.73 Å². The molecule has 0 saturated heterocycles. The summed E-state index contributed by atoms with van der Waals surface area (Å²) in [6.45, 7) is 3.89. The molecular weight excluding hydrogens is 156 g/mol. The van der Waals surface area contributed by atoms with Crippen molar-refractivity contribution in [2.24, 2.45) is 5.73 Å². The molecular formula is C7H12N4O. The summed E-state index contributed by atoms with van der Waals surface area (Å²) in [7, 11) is 0. The Balaban J connectivity index is 3.13. The van der Waals surface area contributed by atoms with Gasteiger partial charge in [-0.15, -0.1) is 0 Å². The second-order valence-electron chi connectivity index (χ2n) is 2.84. The first kappa shape index (κ1) is 8.58. The first-order valence-electron chi connectivity index (χ1n) is 3.66. The number of rotatable bonds is 2. The number of primary amides is 1. The van der Waals surface area contributed by atoms with Crippen LogP contribution < -0.4 is 11.5 Å². The van der Waals surface area contributed by atoms with Crippen LogP contribution in [0.3, 0.4) is 0 Å². The molecule has 5 nitrogen and oxygen atoms in total. The Morgan fingerprint density at radius 1 is 1.67 bits per heavy atom. The third-order valence-corrected chi connectivity index (χ3v) is 1.62. The largest absolute Gasteiger partial charge is 0.383 e. The average Bonchev–Trinajstić information content (AvgIpc) is 2.30. The number of hydrogen-bond acceptors (Lipinski definition) is 3. The second-order valence-corrected chi connectivity index (χ2v) is 2.84. The number of amides is 1. The molecule has 0 fully saturated rings. The van der Waals surface area contributed by atoms with Crippen LogP contribution in [0.5, 0.6) is 0 Å². The molecule has 1 aromatic rings. The Labute approximate surface area is 70.4 Å². The van der Waals surface area contributed by atoms with E-state index in [1.807, 2.05) is 13.8 Å². The Morgan fingerprint density at radius 2 is 2.25 bits per heavy atom. The Morgan fingerprint density at radius 3 is 2.50 bits per heavy atom. The summed E-state index contributed by atoms with van der Waals surface area (Å²) in [5, 5.41) is 0. The van der Waals surface area contributed by atoms with Gasteiger partial charge in [-0.25, -0.2) is 4.98 Å². The molecule has 0 unspecified atom stereocenters. The molecule has 5 heteroatoms. The van der Waals surface area contributed by atoms with Crippen LogP contribution in [-0.4, -0.2) is 15.5 Å². The minimum Gasteiger partial charge on any atom is -0.383 e. The van der Waals surface area contributed by atoms with Crippen LogP contribution in [0.4, 0.5) is 5.82 Å². The molecule has 1 amide bonds. The van der Waals surface area contributed by atoms with Crippen molar-refractivity contribution in [2.45, 2.75) is 19.9 Å². The first-order chi connectivity index (χ1) is 5.54. The van der Waals surface area contributed by atoms with Crippen molar-refractivity contribution in [3.63, 3.8) is 0 Å². The van der Waals surface area contributed by atoms with Gasteiger partial charge in [-0.05, 0) is 13.8 Å². The lowest BCUT2D eigenvalue weighted by Gasteiger charge is -2.07. The van der Waals surface area contributed by atoms with Gasteiger partial charge in [0.2, 0.25) is 0 Å². The normalized spacial score (nSPS) is 10.6. The molecule has 12 heavy (non-hydrogen) atoms. The first-order valence-corrected chi connectivity index (χ1v) is 3.66. The fourth-order valence-electron chi connectivity index (χ4n) is 0.972. The number of aromatic nitrogens is 2. The summed E-state index contributed by atoms with van der Waals surface area (Å²) in [6, 6.07) is 0.186. The number of anilines is 1. The molecule has 0 bridgehead atoms. The van der Waals surface area contributed by atoms with Crippen molar-refractivity contribution < 1.29 is 4.79 Å². The van der Waals surface area contributed by atoms with E-state index in [0.29, 0.717) is 5.82 Å². The SMILES string of the molecule is CC(C)n1cnc(C(N)=O)c1N. The lowest BCUT2D eigenvalue weighted by atomic mass is 10.3. The number of carbonyl (C=O) groups excluding carboxylic acids is 1. The van der Waals surface area contributed by atoms with E-state index in [1.54, 1.807) is 4.57 Å². The lowest BCUT2D eigenvalue weighted by molar-refractivity contribution is 0.0997. The number of nitrogen functional groups attached to an aromatic ring is 1. The monoisotopic (exact) mass is 168 g/mol. The van der Waals surface area contributed by atoms with Crippen LogP contribution in [0.25, 0.3) is 0 Å². The van der Waals surface area contributed by atoms with Gasteiger partial charge in [-0.2, -0.15) is 0 Å². The standard InChI is InChI=1S/C7H12N4O/c1-4(2)11-3-10-5(6(11)8)7(9)12/h3-4H,8H2,1-2H3,(H2,9,12). The van der Waals surface area contributed by atoms with E-state index >= 15 is 0 Å². The highest BCUT2D eigenvalue weighted by Crippen LogP contribution is 2.14. The zero-order valence-electron chi connectivity index (χ0n) is 7.11. The molecule has 66 valence electrons. The van der Waals surface area contributed by atoms with Gasteiger partial charge >= 0.3 is 0 Å². The molecule has 1 heterocycles. The molecule has 0 atom stereocenters. The summed E-state index contributed by atoms with van der Waals surface area (Å²) < 4.78 is 1.69. The predicted octanol–water partition coefficient (Wildman–Crippen LogP) is 0.145. The van der Waals surface area contributed by atoms with Gasteiger partial charge in [0.1, 0.15) is 5.82 Å². The van der Waals surface area contributed by atoms with Gasteiger partial charge in [0.25, 0.3) is 5.91 Å². The van der Waals surface area contributed by atoms with Crippen LogP contribution in [0.15, 0.2) is 6.33 Å². The van der Waals surface area contributed by atoms with Gasteiger partial charge in [0.05, 0.1) is 6.33 Å². The molecule has 1 rings (SSSR count). The maximum absolute atomic E-state index is 10.7. The summed E-state index contributed by atoms with van der Waals surface area (Å²) in [5.74, 6) is -0.260. The fourth-order valence-corrected chi connectivity index (χ4v) is 0.972. The quantitative estimate of drug-likeness (QED) is 0.658. The molecule has 0 aliphatic heterocycles. The third-order valence-electron chi connectivity index (χ3n) is 1.62. The number of nitrogens with zero attached hydrogens (tertiary/aromatic N) is 2. The highest BCUT2D eigenvalue weighted by Gasteiger charge is 2.13. The van der Waals surface area contributed by atoms with Gasteiger partial charge in [0, 0.05) is 6.04 Å². The zero-order valence-corrected chi connectivity index (χ0v) is 7.11. The van der Waals surface area contributed by atoms with E-state index in [9.17, 15) is 4.79 Å². The minimum atomic E-state index is -0.591. The van der Waals surface area contributed by atoms with Gasteiger partial charge < -0.3 is 16.0 Å². The van der Waals surface area contributed by atoms with E-state index in [0.717, 1.165) is 0 Å². The van der Waals surface area contributed by atoms with E-state index in [4.69, 9.17) is 11.5 Å². The molecule has 0 aliphatic carbocycles.